The van der Waals surface area contributed by atoms with Gasteiger partial charge in [0.1, 0.15) is 0 Å². The molecule has 10 heteroatoms. The van der Waals surface area contributed by atoms with Gasteiger partial charge in [0.05, 0.1) is 4.90 Å². The first-order chi connectivity index (χ1) is 12.8. The number of aromatic nitrogens is 2. The molecule has 0 fully saturated rings. The van der Waals surface area contributed by atoms with Crippen molar-refractivity contribution in [3.63, 3.8) is 0 Å². The third kappa shape index (κ3) is 5.34. The van der Waals surface area contributed by atoms with Gasteiger partial charge in [0.2, 0.25) is 27.6 Å². The van der Waals surface area contributed by atoms with Crippen LogP contribution >= 0.6 is 22.6 Å². The monoisotopic (exact) mass is 498 g/mol. The molecule has 2 aromatic carbocycles. The second-order valence-corrected chi connectivity index (χ2v) is 8.44. The molecule has 3 rings (SSSR count). The van der Waals surface area contributed by atoms with Crippen LogP contribution in [0.1, 0.15) is 12.3 Å². The van der Waals surface area contributed by atoms with Crippen molar-refractivity contribution in [2.45, 2.75) is 17.7 Å². The second kappa shape index (κ2) is 8.15. The molecular weight excluding hydrogens is 483 g/mol. The summed E-state index contributed by atoms with van der Waals surface area (Å²) < 4.78 is 28.7. The highest BCUT2D eigenvalue weighted by Gasteiger charge is 2.12. The number of amides is 1. The molecule has 0 spiro atoms. The zero-order chi connectivity index (χ0) is 19.4. The molecule has 0 aliphatic rings. The normalized spacial score (nSPS) is 11.3. The fourth-order valence-electron chi connectivity index (χ4n) is 2.24. The Morgan fingerprint density at radius 3 is 2.41 bits per heavy atom. The van der Waals surface area contributed by atoms with Crippen LogP contribution in [0.15, 0.2) is 57.9 Å². The van der Waals surface area contributed by atoms with Crippen LogP contribution in [0.2, 0.25) is 0 Å². The van der Waals surface area contributed by atoms with Gasteiger partial charge in [0.25, 0.3) is 0 Å². The molecule has 3 aromatic rings. The van der Waals surface area contributed by atoms with E-state index >= 15 is 0 Å². The SMILES string of the molecule is NS(=O)(=O)c1ccc(NC(=O)CCc2nc(-c3ccc(I)cc3)no2)cc1. The largest absolute Gasteiger partial charge is 0.339 e. The van der Waals surface area contributed by atoms with Crippen LogP contribution in [0.4, 0.5) is 5.69 Å². The maximum atomic E-state index is 12.0. The lowest BCUT2D eigenvalue weighted by atomic mass is 10.2. The number of benzene rings is 2. The average molecular weight is 498 g/mol. The molecule has 27 heavy (non-hydrogen) atoms. The molecule has 8 nitrogen and oxygen atoms in total. The standard InChI is InChI=1S/C17H15IN4O4S/c18-12-3-1-11(2-4-12)17-21-16(26-22-17)10-9-15(23)20-13-5-7-14(8-6-13)27(19,24)25/h1-8H,9-10H2,(H,20,23)(H2,19,24,25). The summed E-state index contributed by atoms with van der Waals surface area (Å²) in [5.74, 6) is 0.580. The number of nitrogens with zero attached hydrogens (tertiary/aromatic N) is 2. The molecule has 1 aromatic heterocycles. The molecule has 0 saturated heterocycles. The Bertz CT molecular complexity index is 1050. The molecule has 0 bridgehead atoms. The average Bonchev–Trinajstić information content (AvgIpc) is 3.09. The summed E-state index contributed by atoms with van der Waals surface area (Å²) in [6, 6.07) is 13.3. The summed E-state index contributed by atoms with van der Waals surface area (Å²) >= 11 is 2.21. The van der Waals surface area contributed by atoms with E-state index in [2.05, 4.69) is 38.0 Å². The number of carbonyl (C=O) groups excluding carboxylic acids is 1. The number of halogens is 1. The summed E-state index contributed by atoms with van der Waals surface area (Å²) in [4.78, 5) is 16.3. The van der Waals surface area contributed by atoms with Gasteiger partial charge in [-0.25, -0.2) is 13.6 Å². The van der Waals surface area contributed by atoms with Gasteiger partial charge < -0.3 is 9.84 Å². The molecule has 0 saturated carbocycles. The van der Waals surface area contributed by atoms with Crippen LogP contribution < -0.4 is 10.5 Å². The molecule has 1 heterocycles. The summed E-state index contributed by atoms with van der Waals surface area (Å²) in [6.07, 6.45) is 0.434. The second-order valence-electron chi connectivity index (χ2n) is 5.64. The molecule has 0 aliphatic heterocycles. The fraction of sp³-hybridized carbons (Fsp3) is 0.118. The van der Waals surface area contributed by atoms with Crippen molar-refractivity contribution < 1.29 is 17.7 Å². The maximum Gasteiger partial charge on any atom is 0.238 e. The minimum atomic E-state index is -3.76. The number of rotatable bonds is 6. The van der Waals surface area contributed by atoms with Crippen LogP contribution in [0.5, 0.6) is 0 Å². The van der Waals surface area contributed by atoms with Crippen LogP contribution in [0.3, 0.4) is 0 Å². The quantitative estimate of drug-likeness (QED) is 0.503. The fourth-order valence-corrected chi connectivity index (χ4v) is 3.12. The lowest BCUT2D eigenvalue weighted by molar-refractivity contribution is -0.116. The van der Waals surface area contributed by atoms with Crippen molar-refractivity contribution in [2.24, 2.45) is 5.14 Å². The number of anilines is 1. The van der Waals surface area contributed by atoms with E-state index in [4.69, 9.17) is 9.66 Å². The zero-order valence-electron chi connectivity index (χ0n) is 13.9. The van der Waals surface area contributed by atoms with Crippen molar-refractivity contribution in [1.82, 2.24) is 10.1 Å². The van der Waals surface area contributed by atoms with Gasteiger partial charge in [-0.15, -0.1) is 0 Å². The lowest BCUT2D eigenvalue weighted by Crippen LogP contribution is -2.14. The smallest absolute Gasteiger partial charge is 0.238 e. The molecule has 0 unspecified atom stereocenters. The summed E-state index contributed by atoms with van der Waals surface area (Å²) in [6.45, 7) is 0. The van der Waals surface area contributed by atoms with Gasteiger partial charge in [0.15, 0.2) is 0 Å². The minimum Gasteiger partial charge on any atom is -0.339 e. The van der Waals surface area contributed by atoms with Gasteiger partial charge in [0, 0.05) is 27.7 Å². The number of hydrogen-bond acceptors (Lipinski definition) is 6. The van der Waals surface area contributed by atoms with Crippen LogP contribution in [-0.4, -0.2) is 24.5 Å². The summed E-state index contributed by atoms with van der Waals surface area (Å²) in [7, 11) is -3.76. The Morgan fingerprint density at radius 1 is 1.11 bits per heavy atom. The Balaban J connectivity index is 1.56. The Labute approximate surface area is 169 Å². The molecule has 0 radical (unpaired) electrons. The van der Waals surface area contributed by atoms with E-state index < -0.39 is 10.0 Å². The summed E-state index contributed by atoms with van der Waals surface area (Å²) in [5.41, 5.74) is 1.31. The first-order valence-electron chi connectivity index (χ1n) is 7.82. The minimum absolute atomic E-state index is 0.0190. The Morgan fingerprint density at radius 2 is 1.78 bits per heavy atom. The van der Waals surface area contributed by atoms with E-state index in [1.165, 1.54) is 24.3 Å². The van der Waals surface area contributed by atoms with E-state index in [0.29, 0.717) is 23.8 Å². The van der Waals surface area contributed by atoms with E-state index in [0.717, 1.165) is 9.13 Å². The van der Waals surface area contributed by atoms with E-state index in [1.54, 1.807) is 0 Å². The van der Waals surface area contributed by atoms with Gasteiger partial charge in [-0.05, 0) is 59.0 Å². The van der Waals surface area contributed by atoms with Crippen LogP contribution in [0, 0.1) is 3.57 Å². The predicted molar refractivity (Wildman–Crippen MR) is 107 cm³/mol. The topological polar surface area (TPSA) is 128 Å². The highest BCUT2D eigenvalue weighted by molar-refractivity contribution is 14.1. The number of aryl methyl sites for hydroxylation is 1. The lowest BCUT2D eigenvalue weighted by Gasteiger charge is -2.05. The van der Waals surface area contributed by atoms with E-state index in [-0.39, 0.29) is 17.2 Å². The number of nitrogens with two attached hydrogens (primary N) is 1. The van der Waals surface area contributed by atoms with Crippen molar-refractivity contribution >= 4 is 44.2 Å². The first-order valence-corrected chi connectivity index (χ1v) is 10.4. The number of sulfonamides is 1. The molecule has 0 atom stereocenters. The van der Waals surface area contributed by atoms with Crippen LogP contribution in [0.25, 0.3) is 11.4 Å². The first kappa shape index (κ1) is 19.5. The number of hydrogen-bond donors (Lipinski definition) is 2. The third-order valence-corrected chi connectivity index (χ3v) is 5.25. The third-order valence-electron chi connectivity index (χ3n) is 3.60. The Hall–Kier alpha value is -2.31. The van der Waals surface area contributed by atoms with Gasteiger partial charge in [-0.3, -0.25) is 4.79 Å². The zero-order valence-corrected chi connectivity index (χ0v) is 16.9. The number of primary sulfonamides is 1. The van der Waals surface area contributed by atoms with Gasteiger partial charge in [-0.1, -0.05) is 17.3 Å². The number of carbonyl (C=O) groups is 1. The summed E-state index contributed by atoms with van der Waals surface area (Å²) in [5, 5.41) is 11.6. The molecular formula is C17H15IN4O4S. The molecule has 0 aliphatic carbocycles. The maximum absolute atomic E-state index is 12.0. The van der Waals surface area contributed by atoms with E-state index in [9.17, 15) is 13.2 Å². The van der Waals surface area contributed by atoms with Crippen LogP contribution in [-0.2, 0) is 21.2 Å². The van der Waals surface area contributed by atoms with E-state index in [1.807, 2.05) is 24.3 Å². The molecule has 140 valence electrons. The van der Waals surface area contributed by atoms with Gasteiger partial charge >= 0.3 is 0 Å². The van der Waals surface area contributed by atoms with Gasteiger partial charge in [-0.2, -0.15) is 4.98 Å². The number of nitrogens with one attached hydrogen (secondary N) is 1. The highest BCUT2D eigenvalue weighted by Crippen LogP contribution is 2.18. The van der Waals surface area contributed by atoms with Crippen molar-refractivity contribution in [2.75, 3.05) is 5.32 Å². The Kier molecular flexibility index (Phi) is 5.87. The highest BCUT2D eigenvalue weighted by atomic mass is 127. The molecule has 1 amide bonds. The predicted octanol–water partition coefficient (Wildman–Crippen LogP) is 2.56. The van der Waals surface area contributed by atoms with Crippen molar-refractivity contribution in [3.05, 3.63) is 58.0 Å². The van der Waals surface area contributed by atoms with Crippen molar-refractivity contribution in [3.8, 4) is 11.4 Å². The molecule has 3 N–H and O–H groups in total. The van der Waals surface area contributed by atoms with Crippen molar-refractivity contribution in [1.29, 1.82) is 0 Å².